The van der Waals surface area contributed by atoms with Crippen molar-refractivity contribution in [2.45, 2.75) is 13.0 Å². The fourth-order valence-electron chi connectivity index (χ4n) is 1.99. The van der Waals surface area contributed by atoms with Crippen LogP contribution in [-0.2, 0) is 9.59 Å². The van der Waals surface area contributed by atoms with Crippen molar-refractivity contribution in [3.05, 3.63) is 29.6 Å². The van der Waals surface area contributed by atoms with E-state index in [1.807, 2.05) is 0 Å². The molecule has 1 saturated heterocycles. The van der Waals surface area contributed by atoms with Crippen molar-refractivity contribution in [1.82, 2.24) is 10.2 Å². The topological polar surface area (TPSA) is 98.7 Å². The summed E-state index contributed by atoms with van der Waals surface area (Å²) in [6, 6.07) is 1.96. The van der Waals surface area contributed by atoms with Gasteiger partial charge in [0.25, 0.3) is 0 Å². The number of hydrogen-bond acceptors (Lipinski definition) is 3. The molecule has 3 N–H and O–H groups in total. The first-order valence-corrected chi connectivity index (χ1v) is 6.22. The summed E-state index contributed by atoms with van der Waals surface area (Å²) in [5, 5.41) is 13.9. The number of amides is 3. The zero-order chi connectivity index (χ0) is 15.6. The number of halogens is 1. The average Bonchev–Trinajstić information content (AvgIpc) is 2.42. The van der Waals surface area contributed by atoms with Gasteiger partial charge in [0.2, 0.25) is 5.91 Å². The minimum atomic E-state index is -1.22. The number of carbonyl (C=O) groups excluding carboxylic acids is 2. The van der Waals surface area contributed by atoms with Crippen LogP contribution in [0.1, 0.15) is 5.56 Å². The summed E-state index contributed by atoms with van der Waals surface area (Å²) in [4.78, 5) is 35.5. The first kappa shape index (κ1) is 14.8. The maximum atomic E-state index is 13.2. The Morgan fingerprint density at radius 2 is 2.19 bits per heavy atom. The summed E-state index contributed by atoms with van der Waals surface area (Å²) in [5.41, 5.74) is 0.855. The Balaban J connectivity index is 2.19. The van der Waals surface area contributed by atoms with Gasteiger partial charge in [-0.25, -0.2) is 14.0 Å². The zero-order valence-electron chi connectivity index (χ0n) is 11.2. The number of rotatable bonds is 2. The van der Waals surface area contributed by atoms with Crippen LogP contribution in [-0.4, -0.2) is 47.0 Å². The van der Waals surface area contributed by atoms with Crippen molar-refractivity contribution in [2.24, 2.45) is 0 Å². The van der Waals surface area contributed by atoms with Crippen LogP contribution in [0.25, 0.3) is 0 Å². The third-order valence-corrected chi connectivity index (χ3v) is 3.17. The van der Waals surface area contributed by atoms with Crippen LogP contribution in [0.5, 0.6) is 0 Å². The highest BCUT2D eigenvalue weighted by Crippen LogP contribution is 2.17. The molecule has 21 heavy (non-hydrogen) atoms. The molecule has 0 aromatic heterocycles. The number of benzene rings is 1. The molecule has 3 amide bonds. The lowest BCUT2D eigenvalue weighted by atomic mass is 10.2. The lowest BCUT2D eigenvalue weighted by Crippen LogP contribution is -2.60. The monoisotopic (exact) mass is 295 g/mol. The van der Waals surface area contributed by atoms with E-state index in [-0.39, 0.29) is 18.8 Å². The fraction of sp³-hybridized carbons (Fsp3) is 0.308. The molecule has 1 aromatic carbocycles. The first-order valence-electron chi connectivity index (χ1n) is 6.22. The predicted molar refractivity (Wildman–Crippen MR) is 71.3 cm³/mol. The van der Waals surface area contributed by atoms with E-state index in [9.17, 15) is 18.8 Å². The standard InChI is InChI=1S/C13H14FN3O4/c1-7-2-3-8(14)4-9(7)16-13(21)17-6-11(18)15-5-10(17)12(19)20/h2-4,10H,5-6H2,1H3,(H,15,18)(H,16,21)(H,19,20). The SMILES string of the molecule is Cc1ccc(F)cc1NC(=O)N1CC(=O)NCC1C(=O)O. The molecule has 0 saturated carbocycles. The van der Waals surface area contributed by atoms with E-state index >= 15 is 0 Å². The third-order valence-electron chi connectivity index (χ3n) is 3.17. The van der Waals surface area contributed by atoms with Gasteiger partial charge >= 0.3 is 12.0 Å². The summed E-state index contributed by atoms with van der Waals surface area (Å²) >= 11 is 0. The van der Waals surface area contributed by atoms with E-state index in [2.05, 4.69) is 10.6 Å². The van der Waals surface area contributed by atoms with E-state index in [0.717, 1.165) is 11.0 Å². The van der Waals surface area contributed by atoms with Crippen molar-refractivity contribution in [3.8, 4) is 0 Å². The highest BCUT2D eigenvalue weighted by molar-refractivity contribution is 5.96. The number of carbonyl (C=O) groups is 3. The van der Waals surface area contributed by atoms with Crippen molar-refractivity contribution in [1.29, 1.82) is 0 Å². The number of hydrogen-bond donors (Lipinski definition) is 3. The quantitative estimate of drug-likeness (QED) is 0.742. The summed E-state index contributed by atoms with van der Waals surface area (Å²) in [5.74, 6) is -2.19. The van der Waals surface area contributed by atoms with Gasteiger partial charge in [0.1, 0.15) is 18.4 Å². The highest BCUT2D eigenvalue weighted by atomic mass is 19.1. The first-order chi connectivity index (χ1) is 9.88. The molecule has 0 bridgehead atoms. The molecule has 0 radical (unpaired) electrons. The van der Waals surface area contributed by atoms with Gasteiger partial charge < -0.3 is 15.7 Å². The summed E-state index contributed by atoms with van der Waals surface area (Å²) < 4.78 is 13.2. The Labute approximate surface area is 119 Å². The van der Waals surface area contributed by atoms with Crippen molar-refractivity contribution in [2.75, 3.05) is 18.4 Å². The Morgan fingerprint density at radius 1 is 1.48 bits per heavy atom. The summed E-state index contributed by atoms with van der Waals surface area (Å²) in [6.07, 6.45) is 0. The molecule has 1 fully saturated rings. The zero-order valence-corrected chi connectivity index (χ0v) is 11.2. The molecule has 0 aliphatic carbocycles. The maximum absolute atomic E-state index is 13.2. The van der Waals surface area contributed by atoms with Gasteiger partial charge in [-0.2, -0.15) is 0 Å². The molecular weight excluding hydrogens is 281 g/mol. The van der Waals surface area contributed by atoms with Crippen LogP contribution in [0, 0.1) is 12.7 Å². The van der Waals surface area contributed by atoms with Crippen LogP contribution in [0.3, 0.4) is 0 Å². The molecule has 1 aromatic rings. The minimum absolute atomic E-state index is 0.163. The smallest absolute Gasteiger partial charge is 0.328 e. The second kappa shape index (κ2) is 5.78. The van der Waals surface area contributed by atoms with E-state index in [1.54, 1.807) is 6.92 Å². The van der Waals surface area contributed by atoms with Gasteiger partial charge in [0.15, 0.2) is 0 Å². The van der Waals surface area contributed by atoms with Gasteiger partial charge in [0.05, 0.1) is 0 Å². The molecule has 7 nitrogen and oxygen atoms in total. The van der Waals surface area contributed by atoms with Gasteiger partial charge in [-0.1, -0.05) is 6.07 Å². The van der Waals surface area contributed by atoms with E-state index in [0.29, 0.717) is 5.56 Å². The third kappa shape index (κ3) is 3.28. The maximum Gasteiger partial charge on any atom is 0.328 e. The highest BCUT2D eigenvalue weighted by Gasteiger charge is 2.35. The number of piperazine rings is 1. The Bertz CT molecular complexity index is 605. The van der Waals surface area contributed by atoms with Crippen LogP contribution in [0.2, 0.25) is 0 Å². The number of carboxylic acid groups (broad SMARTS) is 1. The second-order valence-corrected chi connectivity index (χ2v) is 4.68. The van der Waals surface area contributed by atoms with Gasteiger partial charge in [-0.3, -0.25) is 9.69 Å². The lowest BCUT2D eigenvalue weighted by Gasteiger charge is -2.32. The van der Waals surface area contributed by atoms with Gasteiger partial charge in [-0.15, -0.1) is 0 Å². The Kier molecular flexibility index (Phi) is 4.06. The molecule has 1 atom stereocenters. The molecule has 1 aliphatic heterocycles. The molecule has 112 valence electrons. The average molecular weight is 295 g/mol. The molecule has 1 aliphatic rings. The number of urea groups is 1. The second-order valence-electron chi connectivity index (χ2n) is 4.68. The van der Waals surface area contributed by atoms with Crippen LogP contribution in [0.15, 0.2) is 18.2 Å². The van der Waals surface area contributed by atoms with Crippen LogP contribution in [0.4, 0.5) is 14.9 Å². The molecule has 1 heterocycles. The predicted octanol–water partition coefficient (Wildman–Crippen LogP) is 0.551. The normalized spacial score (nSPS) is 18.1. The van der Waals surface area contributed by atoms with Gasteiger partial charge in [0, 0.05) is 12.2 Å². The summed E-state index contributed by atoms with van der Waals surface area (Å²) in [6.45, 7) is 1.15. The Hall–Kier alpha value is -2.64. The number of aryl methyl sites for hydroxylation is 1. The van der Waals surface area contributed by atoms with Crippen molar-refractivity contribution in [3.63, 3.8) is 0 Å². The number of anilines is 1. The van der Waals surface area contributed by atoms with E-state index in [4.69, 9.17) is 5.11 Å². The molecule has 8 heteroatoms. The number of nitrogens with zero attached hydrogens (tertiary/aromatic N) is 1. The molecule has 2 rings (SSSR count). The van der Waals surface area contributed by atoms with Crippen LogP contribution < -0.4 is 10.6 Å². The minimum Gasteiger partial charge on any atom is -0.480 e. The van der Waals surface area contributed by atoms with Crippen molar-refractivity contribution >= 4 is 23.6 Å². The van der Waals surface area contributed by atoms with E-state index < -0.39 is 29.8 Å². The lowest BCUT2D eigenvalue weighted by molar-refractivity contribution is -0.144. The molecule has 0 spiro atoms. The van der Waals surface area contributed by atoms with E-state index in [1.165, 1.54) is 12.1 Å². The van der Waals surface area contributed by atoms with Crippen LogP contribution >= 0.6 is 0 Å². The van der Waals surface area contributed by atoms with Crippen molar-refractivity contribution < 1.29 is 23.9 Å². The molecular formula is C13H14FN3O4. The number of nitrogens with one attached hydrogen (secondary N) is 2. The number of aliphatic carboxylic acids is 1. The van der Waals surface area contributed by atoms with Gasteiger partial charge in [-0.05, 0) is 24.6 Å². The molecule has 1 unspecified atom stereocenters. The fourth-order valence-corrected chi connectivity index (χ4v) is 1.99. The number of carboxylic acids is 1. The summed E-state index contributed by atoms with van der Waals surface area (Å²) in [7, 11) is 0. The largest absolute Gasteiger partial charge is 0.480 e. The Morgan fingerprint density at radius 3 is 2.86 bits per heavy atom.